The minimum absolute atomic E-state index is 0.0618. The highest BCUT2D eigenvalue weighted by Crippen LogP contribution is 1.66. The normalized spacial score (nSPS) is 9.42. The van der Waals surface area contributed by atoms with Gasteiger partial charge in [0.1, 0.15) is 0 Å². The Morgan fingerprint density at radius 1 is 1.50 bits per heavy atom. The van der Waals surface area contributed by atoms with Crippen LogP contribution in [0.2, 0.25) is 0 Å². The minimum atomic E-state index is -0.839. The van der Waals surface area contributed by atoms with Gasteiger partial charge >= 0.3 is 6.03 Å². The summed E-state index contributed by atoms with van der Waals surface area (Å²) in [5.74, 6) is -0.446. The summed E-state index contributed by atoms with van der Waals surface area (Å²) >= 11 is 0. The van der Waals surface area contributed by atoms with Gasteiger partial charge in [-0.1, -0.05) is 0 Å². The molecule has 6 heteroatoms. The molecule has 0 heterocycles. The molecular weight excluding hydrogens is 162 g/mol. The largest absolute Gasteiger partial charge is 0.383 e. The molecule has 0 aromatic heterocycles. The van der Waals surface area contributed by atoms with Crippen molar-refractivity contribution >= 4 is 11.9 Å². The van der Waals surface area contributed by atoms with Crippen LogP contribution >= 0.6 is 0 Å². The van der Waals surface area contributed by atoms with E-state index in [1.54, 1.807) is 7.11 Å². The molecule has 0 fully saturated rings. The number of ether oxygens (including phenoxy) is 1. The smallest absolute Gasteiger partial charge is 0.318 e. The quantitative estimate of drug-likeness (QED) is 0.439. The number of methoxy groups -OCH3 is 1. The molecule has 0 saturated carbocycles. The highest BCUT2D eigenvalue weighted by Gasteiger charge is 2.01. The van der Waals surface area contributed by atoms with Gasteiger partial charge < -0.3 is 15.8 Å². The Labute approximate surface area is 70.4 Å². The van der Waals surface area contributed by atoms with Crippen molar-refractivity contribution in [1.29, 1.82) is 0 Å². The molecular formula is C6H13N3O3. The number of carbonyl (C=O) groups is 2. The third kappa shape index (κ3) is 6.97. The average molecular weight is 175 g/mol. The number of nitrogens with two attached hydrogens (primary N) is 1. The predicted molar refractivity (Wildman–Crippen MR) is 42.5 cm³/mol. The van der Waals surface area contributed by atoms with Gasteiger partial charge in [0.15, 0.2) is 0 Å². The summed E-state index contributed by atoms with van der Waals surface area (Å²) in [6.07, 6.45) is 0. The van der Waals surface area contributed by atoms with E-state index in [1.165, 1.54) is 0 Å². The number of urea groups is 1. The second kappa shape index (κ2) is 6.56. The predicted octanol–water partition coefficient (Wildman–Crippen LogP) is -1.58. The molecule has 0 bridgehead atoms. The lowest BCUT2D eigenvalue weighted by molar-refractivity contribution is -0.119. The molecule has 0 aromatic rings. The van der Waals surface area contributed by atoms with E-state index >= 15 is 0 Å². The molecule has 3 amide bonds. The van der Waals surface area contributed by atoms with Gasteiger partial charge in [-0.05, 0) is 0 Å². The van der Waals surface area contributed by atoms with Gasteiger partial charge in [0.05, 0.1) is 13.2 Å². The molecule has 0 aliphatic heterocycles. The SMILES string of the molecule is COCCNCC(=O)NC(N)=O. The molecule has 0 atom stereocenters. The van der Waals surface area contributed by atoms with Crippen molar-refractivity contribution in [3.05, 3.63) is 0 Å². The molecule has 70 valence electrons. The average Bonchev–Trinajstić information content (AvgIpc) is 1.97. The van der Waals surface area contributed by atoms with Crippen LogP contribution in [0.5, 0.6) is 0 Å². The molecule has 0 aliphatic carbocycles. The Bertz CT molecular complexity index is 160. The lowest BCUT2D eigenvalue weighted by atomic mass is 10.5. The van der Waals surface area contributed by atoms with Crippen molar-refractivity contribution in [2.75, 3.05) is 26.8 Å². The number of primary amides is 1. The van der Waals surface area contributed by atoms with Gasteiger partial charge in [-0.3, -0.25) is 10.1 Å². The lowest BCUT2D eigenvalue weighted by Crippen LogP contribution is -2.41. The second-order valence-corrected chi connectivity index (χ2v) is 2.08. The monoisotopic (exact) mass is 175 g/mol. The van der Waals surface area contributed by atoms with Crippen molar-refractivity contribution < 1.29 is 14.3 Å². The third-order valence-electron chi connectivity index (χ3n) is 1.03. The van der Waals surface area contributed by atoms with E-state index in [-0.39, 0.29) is 6.54 Å². The third-order valence-corrected chi connectivity index (χ3v) is 1.03. The first kappa shape index (κ1) is 10.9. The summed E-state index contributed by atoms with van der Waals surface area (Å²) in [5.41, 5.74) is 4.70. The highest BCUT2D eigenvalue weighted by molar-refractivity contribution is 5.94. The topological polar surface area (TPSA) is 93.4 Å². The summed E-state index contributed by atoms with van der Waals surface area (Å²) in [6, 6.07) is -0.839. The van der Waals surface area contributed by atoms with Crippen molar-refractivity contribution in [2.24, 2.45) is 5.73 Å². The Kier molecular flexibility index (Phi) is 5.94. The van der Waals surface area contributed by atoms with Crippen LogP contribution in [-0.4, -0.2) is 38.7 Å². The molecule has 0 spiro atoms. The van der Waals surface area contributed by atoms with E-state index in [0.717, 1.165) is 0 Å². The van der Waals surface area contributed by atoms with Crippen LogP contribution in [0, 0.1) is 0 Å². The molecule has 0 rings (SSSR count). The van der Waals surface area contributed by atoms with E-state index in [9.17, 15) is 9.59 Å². The minimum Gasteiger partial charge on any atom is -0.383 e. The number of hydrogen-bond donors (Lipinski definition) is 3. The number of imide groups is 1. The Morgan fingerprint density at radius 2 is 2.17 bits per heavy atom. The summed E-state index contributed by atoms with van der Waals surface area (Å²) in [4.78, 5) is 20.8. The van der Waals surface area contributed by atoms with E-state index in [4.69, 9.17) is 10.5 Å². The van der Waals surface area contributed by atoms with Crippen LogP contribution in [0.4, 0.5) is 4.79 Å². The van der Waals surface area contributed by atoms with Crippen LogP contribution in [0.25, 0.3) is 0 Å². The van der Waals surface area contributed by atoms with E-state index < -0.39 is 11.9 Å². The first-order chi connectivity index (χ1) is 5.66. The zero-order chi connectivity index (χ0) is 9.40. The van der Waals surface area contributed by atoms with Crippen molar-refractivity contribution in [2.45, 2.75) is 0 Å². The first-order valence-corrected chi connectivity index (χ1v) is 3.45. The van der Waals surface area contributed by atoms with Gasteiger partial charge in [0.2, 0.25) is 5.91 Å². The van der Waals surface area contributed by atoms with Crippen LogP contribution in [-0.2, 0) is 9.53 Å². The number of carbonyl (C=O) groups excluding carboxylic acids is 2. The van der Waals surface area contributed by atoms with Gasteiger partial charge in [0, 0.05) is 13.7 Å². The summed E-state index contributed by atoms with van der Waals surface area (Å²) < 4.78 is 4.72. The molecule has 0 radical (unpaired) electrons. The van der Waals surface area contributed by atoms with Gasteiger partial charge in [-0.25, -0.2) is 4.79 Å². The summed E-state index contributed by atoms with van der Waals surface area (Å²) in [5, 5.41) is 4.66. The molecule has 4 N–H and O–H groups in total. The van der Waals surface area contributed by atoms with E-state index in [1.807, 2.05) is 5.32 Å². The van der Waals surface area contributed by atoms with Crippen molar-refractivity contribution in [3.63, 3.8) is 0 Å². The number of nitrogens with one attached hydrogen (secondary N) is 2. The zero-order valence-corrected chi connectivity index (χ0v) is 6.92. The van der Waals surface area contributed by atoms with E-state index in [0.29, 0.717) is 13.2 Å². The summed E-state index contributed by atoms with van der Waals surface area (Å²) in [6.45, 7) is 1.14. The fourth-order valence-corrected chi connectivity index (χ4v) is 0.558. The number of rotatable bonds is 5. The maximum absolute atomic E-state index is 10.7. The van der Waals surface area contributed by atoms with Crippen LogP contribution < -0.4 is 16.4 Å². The Hall–Kier alpha value is -1.14. The van der Waals surface area contributed by atoms with Crippen molar-refractivity contribution in [3.8, 4) is 0 Å². The molecule has 0 aliphatic rings. The number of hydrogen-bond acceptors (Lipinski definition) is 4. The summed E-state index contributed by atoms with van der Waals surface area (Å²) in [7, 11) is 1.56. The van der Waals surface area contributed by atoms with Crippen LogP contribution in [0.1, 0.15) is 0 Å². The van der Waals surface area contributed by atoms with Crippen LogP contribution in [0.3, 0.4) is 0 Å². The number of amides is 3. The van der Waals surface area contributed by atoms with Gasteiger partial charge in [-0.15, -0.1) is 0 Å². The molecule has 12 heavy (non-hydrogen) atoms. The van der Waals surface area contributed by atoms with Crippen molar-refractivity contribution in [1.82, 2.24) is 10.6 Å². The standard InChI is InChI=1S/C6H13N3O3/c1-12-3-2-8-4-5(10)9-6(7)11/h8H,2-4H2,1H3,(H3,7,9,10,11). The van der Waals surface area contributed by atoms with Crippen LogP contribution in [0.15, 0.2) is 0 Å². The molecule has 0 saturated heterocycles. The highest BCUT2D eigenvalue weighted by atomic mass is 16.5. The zero-order valence-electron chi connectivity index (χ0n) is 6.92. The first-order valence-electron chi connectivity index (χ1n) is 3.45. The molecule has 6 nitrogen and oxygen atoms in total. The van der Waals surface area contributed by atoms with Gasteiger partial charge in [0.25, 0.3) is 0 Å². The maximum Gasteiger partial charge on any atom is 0.318 e. The molecule has 0 aromatic carbocycles. The Morgan fingerprint density at radius 3 is 2.67 bits per heavy atom. The second-order valence-electron chi connectivity index (χ2n) is 2.08. The van der Waals surface area contributed by atoms with E-state index in [2.05, 4.69) is 5.32 Å². The molecule has 0 unspecified atom stereocenters. The fourth-order valence-electron chi connectivity index (χ4n) is 0.558. The lowest BCUT2D eigenvalue weighted by Gasteiger charge is -2.02. The Balaban J connectivity index is 3.26. The fraction of sp³-hybridized carbons (Fsp3) is 0.667. The maximum atomic E-state index is 10.7. The van der Waals surface area contributed by atoms with Gasteiger partial charge in [-0.2, -0.15) is 0 Å².